The number of nitrogens with one attached hydrogen (secondary N) is 1. The van der Waals surface area contributed by atoms with E-state index < -0.39 is 0 Å². The highest BCUT2D eigenvalue weighted by Gasteiger charge is 2.28. The lowest BCUT2D eigenvalue weighted by Gasteiger charge is -2.19. The van der Waals surface area contributed by atoms with Gasteiger partial charge in [0.25, 0.3) is 0 Å². The second kappa shape index (κ2) is 4.72. The lowest BCUT2D eigenvalue weighted by molar-refractivity contribution is -0.120. The molecule has 1 unspecified atom stereocenters. The molecule has 1 fully saturated rings. The average Bonchev–Trinajstić information content (AvgIpc) is 3.09. The summed E-state index contributed by atoms with van der Waals surface area (Å²) in [5.74, 6) is -0.264. The first-order chi connectivity index (χ1) is 8.74. The fourth-order valence-corrected chi connectivity index (χ4v) is 2.64. The van der Waals surface area contributed by atoms with E-state index in [1.165, 1.54) is 24.2 Å². The zero-order valence-electron chi connectivity index (χ0n) is 10.6. The first-order valence-electron chi connectivity index (χ1n) is 6.82. The lowest BCUT2D eigenvalue weighted by atomic mass is 10.0. The molecule has 1 heterocycles. The predicted octanol–water partition coefficient (Wildman–Crippen LogP) is 0.368. The molecule has 5 heteroatoms. The number of carbonyl (C=O) groups is 1. The van der Waals surface area contributed by atoms with Crippen LogP contribution in [-0.4, -0.2) is 27.5 Å². The van der Waals surface area contributed by atoms with Crippen LogP contribution in [0.3, 0.4) is 0 Å². The lowest BCUT2D eigenvalue weighted by Crippen LogP contribution is -2.45. The van der Waals surface area contributed by atoms with Crippen molar-refractivity contribution in [2.75, 3.05) is 0 Å². The van der Waals surface area contributed by atoms with Crippen molar-refractivity contribution in [1.82, 2.24) is 14.9 Å². The molecular weight excluding hydrogens is 228 g/mol. The van der Waals surface area contributed by atoms with Crippen LogP contribution in [0, 0.1) is 0 Å². The van der Waals surface area contributed by atoms with Gasteiger partial charge in [-0.3, -0.25) is 4.79 Å². The minimum Gasteiger partial charge on any atom is -0.368 e. The Labute approximate surface area is 107 Å². The Kier molecular flexibility index (Phi) is 3.07. The molecule has 3 rings (SSSR count). The quantitative estimate of drug-likeness (QED) is 0.790. The van der Waals surface area contributed by atoms with Gasteiger partial charge in [-0.15, -0.1) is 0 Å². The van der Waals surface area contributed by atoms with E-state index in [0.29, 0.717) is 12.6 Å². The molecule has 3 N–H and O–H groups in total. The first-order valence-corrected chi connectivity index (χ1v) is 6.82. The number of hydrogen-bond donors (Lipinski definition) is 2. The van der Waals surface area contributed by atoms with E-state index >= 15 is 0 Å². The van der Waals surface area contributed by atoms with Gasteiger partial charge in [-0.1, -0.05) is 0 Å². The fraction of sp³-hybridized carbons (Fsp3) is 0.692. The third-order valence-corrected chi connectivity index (χ3v) is 3.85. The minimum absolute atomic E-state index is 0.264. The Balaban J connectivity index is 1.73. The smallest absolute Gasteiger partial charge is 0.236 e. The predicted molar refractivity (Wildman–Crippen MR) is 68.0 cm³/mol. The molecule has 0 spiro atoms. The van der Waals surface area contributed by atoms with Crippen molar-refractivity contribution in [3.05, 3.63) is 17.7 Å². The van der Waals surface area contributed by atoms with Crippen molar-refractivity contribution in [2.45, 2.75) is 57.2 Å². The van der Waals surface area contributed by atoms with Gasteiger partial charge in [-0.05, 0) is 38.5 Å². The van der Waals surface area contributed by atoms with E-state index in [2.05, 4.69) is 14.9 Å². The number of rotatable bonds is 5. The number of aromatic nitrogens is 2. The molecule has 98 valence electrons. The zero-order valence-corrected chi connectivity index (χ0v) is 10.6. The van der Waals surface area contributed by atoms with E-state index in [1.807, 2.05) is 6.33 Å². The Hall–Kier alpha value is -1.36. The van der Waals surface area contributed by atoms with Crippen LogP contribution in [0.5, 0.6) is 0 Å². The van der Waals surface area contributed by atoms with Crippen molar-refractivity contribution in [3.63, 3.8) is 0 Å². The number of imidazole rings is 1. The van der Waals surface area contributed by atoms with Crippen molar-refractivity contribution in [2.24, 2.45) is 5.73 Å². The van der Waals surface area contributed by atoms with E-state index in [9.17, 15) is 4.79 Å². The highest BCUT2D eigenvalue weighted by atomic mass is 16.1. The van der Waals surface area contributed by atoms with Gasteiger partial charge in [-0.25, -0.2) is 4.98 Å². The largest absolute Gasteiger partial charge is 0.368 e. The number of carbonyl (C=O) groups excluding carboxylic acids is 1. The molecule has 0 radical (unpaired) electrons. The number of primary amides is 1. The molecule has 2 aliphatic carbocycles. The number of aryl methyl sites for hydroxylation is 1. The Morgan fingerprint density at radius 3 is 3.00 bits per heavy atom. The van der Waals surface area contributed by atoms with E-state index in [0.717, 1.165) is 25.7 Å². The van der Waals surface area contributed by atoms with Crippen molar-refractivity contribution in [1.29, 1.82) is 0 Å². The van der Waals surface area contributed by atoms with Crippen molar-refractivity contribution in [3.8, 4) is 0 Å². The number of nitrogens with zero attached hydrogens (tertiary/aromatic N) is 2. The van der Waals surface area contributed by atoms with Crippen LogP contribution >= 0.6 is 0 Å². The maximum absolute atomic E-state index is 11.5. The zero-order chi connectivity index (χ0) is 12.5. The van der Waals surface area contributed by atoms with Crippen LogP contribution in [0.1, 0.15) is 37.1 Å². The SMILES string of the molecule is NC(=O)C(Cn1cnc2c1CCCC2)NC1CC1. The van der Waals surface area contributed by atoms with Gasteiger partial charge in [-0.2, -0.15) is 0 Å². The van der Waals surface area contributed by atoms with E-state index in [4.69, 9.17) is 5.73 Å². The van der Waals surface area contributed by atoms with Crippen LogP contribution in [0.2, 0.25) is 0 Å². The molecule has 1 amide bonds. The van der Waals surface area contributed by atoms with Crippen LogP contribution < -0.4 is 11.1 Å². The Bertz CT molecular complexity index is 450. The number of nitrogens with two attached hydrogens (primary N) is 1. The summed E-state index contributed by atoms with van der Waals surface area (Å²) < 4.78 is 2.11. The van der Waals surface area contributed by atoms with Gasteiger partial charge in [0.1, 0.15) is 6.04 Å². The van der Waals surface area contributed by atoms with Crippen LogP contribution in [0.25, 0.3) is 0 Å². The van der Waals surface area contributed by atoms with Crippen molar-refractivity contribution < 1.29 is 4.79 Å². The molecule has 0 bridgehead atoms. The molecule has 0 aliphatic heterocycles. The maximum Gasteiger partial charge on any atom is 0.236 e. The van der Waals surface area contributed by atoms with Crippen LogP contribution in [0.4, 0.5) is 0 Å². The summed E-state index contributed by atoms with van der Waals surface area (Å²) >= 11 is 0. The standard InChI is InChI=1S/C13H20N4O/c14-13(18)11(16-9-5-6-9)7-17-8-15-10-3-1-2-4-12(10)17/h8-9,11,16H,1-7H2,(H2,14,18). The molecule has 1 atom stereocenters. The van der Waals surface area contributed by atoms with Crippen LogP contribution in [-0.2, 0) is 24.2 Å². The molecule has 0 saturated heterocycles. The highest BCUT2D eigenvalue weighted by molar-refractivity contribution is 5.79. The Morgan fingerprint density at radius 2 is 2.28 bits per heavy atom. The van der Waals surface area contributed by atoms with Gasteiger partial charge in [0.15, 0.2) is 0 Å². The van der Waals surface area contributed by atoms with Gasteiger partial charge in [0.05, 0.1) is 12.0 Å². The summed E-state index contributed by atoms with van der Waals surface area (Å²) in [6, 6.07) is 0.222. The second-order valence-electron chi connectivity index (χ2n) is 5.39. The summed E-state index contributed by atoms with van der Waals surface area (Å²) in [6.07, 6.45) is 8.77. The molecule has 1 aromatic heterocycles. The minimum atomic E-state index is -0.266. The average molecular weight is 248 g/mol. The molecule has 0 aromatic carbocycles. The van der Waals surface area contributed by atoms with Crippen LogP contribution in [0.15, 0.2) is 6.33 Å². The molecule has 18 heavy (non-hydrogen) atoms. The topological polar surface area (TPSA) is 72.9 Å². The van der Waals surface area contributed by atoms with Gasteiger partial charge >= 0.3 is 0 Å². The molecular formula is C13H20N4O. The number of hydrogen-bond acceptors (Lipinski definition) is 3. The number of amides is 1. The van der Waals surface area contributed by atoms with Crippen molar-refractivity contribution >= 4 is 5.91 Å². The summed E-state index contributed by atoms with van der Waals surface area (Å²) in [7, 11) is 0. The molecule has 5 nitrogen and oxygen atoms in total. The molecule has 1 saturated carbocycles. The highest BCUT2D eigenvalue weighted by Crippen LogP contribution is 2.22. The second-order valence-corrected chi connectivity index (χ2v) is 5.39. The fourth-order valence-electron chi connectivity index (χ4n) is 2.64. The molecule has 2 aliphatic rings. The molecule has 1 aromatic rings. The van der Waals surface area contributed by atoms with Gasteiger partial charge in [0, 0.05) is 18.3 Å². The summed E-state index contributed by atoms with van der Waals surface area (Å²) in [5.41, 5.74) is 7.97. The third kappa shape index (κ3) is 2.41. The van der Waals surface area contributed by atoms with E-state index in [-0.39, 0.29) is 11.9 Å². The monoisotopic (exact) mass is 248 g/mol. The Morgan fingerprint density at radius 1 is 1.50 bits per heavy atom. The maximum atomic E-state index is 11.5. The van der Waals surface area contributed by atoms with Gasteiger partial charge < -0.3 is 15.6 Å². The third-order valence-electron chi connectivity index (χ3n) is 3.85. The first kappa shape index (κ1) is 11.7. The summed E-state index contributed by atoms with van der Waals surface area (Å²) in [5, 5.41) is 3.31. The van der Waals surface area contributed by atoms with E-state index in [1.54, 1.807) is 0 Å². The summed E-state index contributed by atoms with van der Waals surface area (Å²) in [6.45, 7) is 0.619. The summed E-state index contributed by atoms with van der Waals surface area (Å²) in [4.78, 5) is 15.9. The number of fused-ring (bicyclic) bond motifs is 1. The normalized spacial score (nSPS) is 20.4. The van der Waals surface area contributed by atoms with Gasteiger partial charge in [0.2, 0.25) is 5.91 Å².